The third-order valence-electron chi connectivity index (χ3n) is 5.64. The van der Waals surface area contributed by atoms with Gasteiger partial charge in [0, 0.05) is 7.05 Å². The molecule has 0 spiro atoms. The van der Waals surface area contributed by atoms with Gasteiger partial charge in [-0.1, -0.05) is 48.5 Å². The molecule has 2 heterocycles. The highest BCUT2D eigenvalue weighted by atomic mass is 16.3. The minimum atomic E-state index is 0.626. The van der Waals surface area contributed by atoms with Gasteiger partial charge in [-0.15, -0.1) is 0 Å². The van der Waals surface area contributed by atoms with Crippen molar-refractivity contribution in [1.29, 1.82) is 0 Å². The normalized spacial score (nSPS) is 12.7. The zero-order chi connectivity index (χ0) is 20.1. The molecule has 5 aromatic rings. The maximum Gasteiger partial charge on any atom is 0.229 e. The molecule has 0 radical (unpaired) electrons. The van der Waals surface area contributed by atoms with E-state index in [4.69, 9.17) is 9.40 Å². The number of para-hydroxylation sites is 7. The fourth-order valence-electron chi connectivity index (χ4n) is 4.23. The third kappa shape index (κ3) is 2.44. The van der Waals surface area contributed by atoms with Crippen LogP contribution < -0.4 is 9.80 Å². The van der Waals surface area contributed by atoms with Crippen molar-refractivity contribution in [2.45, 2.75) is 0 Å². The number of anilines is 5. The standard InChI is InChI=1S/C26H19N3O/c1-28-21-13-5-7-15-23(21)29(24-16-8-6-14-22(24)28)20-12-4-2-10-18(20)26-27-19-11-3-9-17-25(19)30-26/h2-17H,1H3. The fourth-order valence-corrected chi connectivity index (χ4v) is 4.23. The Kier molecular flexibility index (Phi) is 3.65. The van der Waals surface area contributed by atoms with Crippen LogP contribution in [0, 0.1) is 0 Å². The van der Waals surface area contributed by atoms with Crippen LogP contribution in [0.3, 0.4) is 0 Å². The number of aromatic nitrogens is 1. The van der Waals surface area contributed by atoms with Gasteiger partial charge in [0.25, 0.3) is 0 Å². The molecule has 0 fully saturated rings. The first-order valence-corrected chi connectivity index (χ1v) is 9.98. The summed E-state index contributed by atoms with van der Waals surface area (Å²) in [5.41, 5.74) is 8.22. The molecule has 1 aliphatic rings. The molecule has 0 amide bonds. The molecule has 4 heteroatoms. The van der Waals surface area contributed by atoms with E-state index in [1.165, 1.54) is 0 Å². The van der Waals surface area contributed by atoms with Gasteiger partial charge in [0.1, 0.15) is 5.52 Å². The fraction of sp³-hybridized carbons (Fsp3) is 0.0385. The van der Waals surface area contributed by atoms with E-state index in [9.17, 15) is 0 Å². The van der Waals surface area contributed by atoms with E-state index in [0.29, 0.717) is 5.89 Å². The first-order valence-electron chi connectivity index (χ1n) is 9.98. The Morgan fingerprint density at radius 1 is 0.600 bits per heavy atom. The first-order chi connectivity index (χ1) is 14.8. The summed E-state index contributed by atoms with van der Waals surface area (Å²) in [6.07, 6.45) is 0. The molecule has 0 bridgehead atoms. The van der Waals surface area contributed by atoms with Crippen LogP contribution in [0.5, 0.6) is 0 Å². The predicted octanol–water partition coefficient (Wildman–Crippen LogP) is 7.05. The average Bonchev–Trinajstić information content (AvgIpc) is 3.24. The Morgan fingerprint density at radius 3 is 1.80 bits per heavy atom. The minimum Gasteiger partial charge on any atom is -0.436 e. The maximum absolute atomic E-state index is 6.13. The summed E-state index contributed by atoms with van der Waals surface area (Å²) < 4.78 is 6.13. The van der Waals surface area contributed by atoms with Crippen molar-refractivity contribution >= 4 is 39.5 Å². The van der Waals surface area contributed by atoms with Crippen LogP contribution in [0.15, 0.2) is 101 Å². The van der Waals surface area contributed by atoms with Gasteiger partial charge in [-0.25, -0.2) is 4.98 Å². The lowest BCUT2D eigenvalue weighted by atomic mass is 10.0. The highest BCUT2D eigenvalue weighted by Crippen LogP contribution is 2.52. The van der Waals surface area contributed by atoms with Gasteiger partial charge in [-0.2, -0.15) is 0 Å². The van der Waals surface area contributed by atoms with E-state index in [1.54, 1.807) is 0 Å². The molecule has 1 aliphatic heterocycles. The van der Waals surface area contributed by atoms with Crippen molar-refractivity contribution in [1.82, 2.24) is 4.98 Å². The summed E-state index contributed by atoms with van der Waals surface area (Å²) in [4.78, 5) is 9.30. The molecule has 4 nitrogen and oxygen atoms in total. The maximum atomic E-state index is 6.13. The number of oxazole rings is 1. The molecule has 30 heavy (non-hydrogen) atoms. The molecule has 0 N–H and O–H groups in total. The van der Waals surface area contributed by atoms with Gasteiger partial charge in [0.2, 0.25) is 5.89 Å². The van der Waals surface area contributed by atoms with Crippen LogP contribution in [-0.2, 0) is 0 Å². The van der Waals surface area contributed by atoms with Crippen LogP contribution >= 0.6 is 0 Å². The number of fused-ring (bicyclic) bond motifs is 3. The van der Waals surface area contributed by atoms with Gasteiger partial charge in [-0.3, -0.25) is 0 Å². The lowest BCUT2D eigenvalue weighted by molar-refractivity contribution is 0.620. The van der Waals surface area contributed by atoms with Crippen molar-refractivity contribution in [3.8, 4) is 11.5 Å². The summed E-state index contributed by atoms with van der Waals surface area (Å²) in [5, 5.41) is 0. The van der Waals surface area contributed by atoms with E-state index < -0.39 is 0 Å². The van der Waals surface area contributed by atoms with Crippen LogP contribution in [0.2, 0.25) is 0 Å². The monoisotopic (exact) mass is 389 g/mol. The lowest BCUT2D eigenvalue weighted by Crippen LogP contribution is -2.24. The first kappa shape index (κ1) is 16.9. The van der Waals surface area contributed by atoms with Crippen molar-refractivity contribution in [3.05, 3.63) is 97.1 Å². The number of nitrogens with zero attached hydrogens (tertiary/aromatic N) is 3. The average molecular weight is 389 g/mol. The third-order valence-corrected chi connectivity index (χ3v) is 5.64. The van der Waals surface area contributed by atoms with E-state index in [-0.39, 0.29) is 0 Å². The van der Waals surface area contributed by atoms with Gasteiger partial charge >= 0.3 is 0 Å². The van der Waals surface area contributed by atoms with Crippen molar-refractivity contribution < 1.29 is 4.42 Å². The van der Waals surface area contributed by atoms with Crippen LogP contribution in [0.25, 0.3) is 22.6 Å². The Hall–Kier alpha value is -4.05. The van der Waals surface area contributed by atoms with Crippen molar-refractivity contribution in [2.75, 3.05) is 16.8 Å². The lowest BCUT2D eigenvalue weighted by Gasteiger charge is -2.39. The minimum absolute atomic E-state index is 0.626. The second-order valence-corrected chi connectivity index (χ2v) is 7.38. The predicted molar refractivity (Wildman–Crippen MR) is 122 cm³/mol. The summed E-state index contributed by atoms with van der Waals surface area (Å²) >= 11 is 0. The topological polar surface area (TPSA) is 32.5 Å². The van der Waals surface area contributed by atoms with E-state index in [2.05, 4.69) is 83.6 Å². The van der Waals surface area contributed by atoms with Gasteiger partial charge in [0.05, 0.1) is 34.0 Å². The van der Waals surface area contributed by atoms with Crippen LogP contribution in [-0.4, -0.2) is 12.0 Å². The van der Waals surface area contributed by atoms with Crippen LogP contribution in [0.4, 0.5) is 28.4 Å². The quantitative estimate of drug-likeness (QED) is 0.324. The molecule has 144 valence electrons. The molecular weight excluding hydrogens is 370 g/mol. The van der Waals surface area contributed by atoms with E-state index in [0.717, 1.165) is 45.1 Å². The van der Waals surface area contributed by atoms with Gasteiger partial charge in [-0.05, 0) is 48.5 Å². The van der Waals surface area contributed by atoms with Gasteiger partial charge < -0.3 is 14.2 Å². The summed E-state index contributed by atoms with van der Waals surface area (Å²) in [7, 11) is 2.11. The van der Waals surface area contributed by atoms with Crippen LogP contribution in [0.1, 0.15) is 0 Å². The smallest absolute Gasteiger partial charge is 0.229 e. The highest BCUT2D eigenvalue weighted by molar-refractivity contribution is 6.00. The zero-order valence-corrected chi connectivity index (χ0v) is 16.5. The molecule has 0 unspecified atom stereocenters. The molecule has 0 atom stereocenters. The summed E-state index contributed by atoms with van der Waals surface area (Å²) in [6, 6.07) is 33.1. The second-order valence-electron chi connectivity index (χ2n) is 7.38. The molecule has 1 aromatic heterocycles. The Morgan fingerprint density at radius 2 is 1.13 bits per heavy atom. The molecule has 4 aromatic carbocycles. The SMILES string of the molecule is CN1c2ccccc2N(c2ccccc2-c2nc3ccccc3o2)c2ccccc21. The Bertz CT molecular complexity index is 1310. The number of hydrogen-bond donors (Lipinski definition) is 0. The summed E-state index contributed by atoms with van der Waals surface area (Å²) in [5.74, 6) is 0.626. The van der Waals surface area contributed by atoms with Gasteiger partial charge in [0.15, 0.2) is 5.58 Å². The van der Waals surface area contributed by atoms with Crippen molar-refractivity contribution in [3.63, 3.8) is 0 Å². The zero-order valence-electron chi connectivity index (χ0n) is 16.5. The van der Waals surface area contributed by atoms with Crippen molar-refractivity contribution in [2.24, 2.45) is 0 Å². The Labute approximate surface area is 174 Å². The number of benzene rings is 4. The molecular formula is C26H19N3O. The van der Waals surface area contributed by atoms with E-state index >= 15 is 0 Å². The molecule has 0 aliphatic carbocycles. The molecule has 6 rings (SSSR count). The highest BCUT2D eigenvalue weighted by Gasteiger charge is 2.29. The largest absolute Gasteiger partial charge is 0.436 e. The molecule has 0 saturated carbocycles. The molecule has 0 saturated heterocycles. The summed E-state index contributed by atoms with van der Waals surface area (Å²) in [6.45, 7) is 0. The number of hydrogen-bond acceptors (Lipinski definition) is 4. The second kappa shape index (κ2) is 6.49. The number of rotatable bonds is 2. The Balaban J connectivity index is 1.62. The van der Waals surface area contributed by atoms with E-state index in [1.807, 2.05) is 30.3 Å².